The summed E-state index contributed by atoms with van der Waals surface area (Å²) in [5.74, 6) is 1.94. The number of rotatable bonds is 4. The lowest BCUT2D eigenvalue weighted by Gasteiger charge is -2.30. The van der Waals surface area contributed by atoms with Crippen molar-refractivity contribution in [3.05, 3.63) is 15.1 Å². The molecule has 0 aromatic carbocycles. The average molecular weight is 403 g/mol. The Kier molecular flexibility index (Phi) is 5.82. The van der Waals surface area contributed by atoms with Gasteiger partial charge in [0, 0.05) is 7.11 Å². The molecule has 118 valence electrons. The Labute approximate surface area is 141 Å². The molecular formula is C16H26IN3O. The van der Waals surface area contributed by atoms with Gasteiger partial charge in [-0.15, -0.1) is 0 Å². The summed E-state index contributed by atoms with van der Waals surface area (Å²) in [6.07, 6.45) is 7.78. The molecule has 0 aliphatic heterocycles. The molecule has 2 rings (SSSR count). The number of halogens is 1. The van der Waals surface area contributed by atoms with Crippen molar-refractivity contribution in [3.8, 4) is 0 Å². The topological polar surface area (TPSA) is 61.0 Å². The van der Waals surface area contributed by atoms with Crippen molar-refractivity contribution in [1.82, 2.24) is 9.97 Å². The van der Waals surface area contributed by atoms with Crippen LogP contribution in [0.25, 0.3) is 0 Å². The zero-order valence-electron chi connectivity index (χ0n) is 13.3. The first-order chi connectivity index (χ1) is 9.98. The summed E-state index contributed by atoms with van der Waals surface area (Å²) < 4.78 is 6.91. The maximum Gasteiger partial charge on any atom is 0.162 e. The first-order valence-corrected chi connectivity index (χ1v) is 8.94. The quantitative estimate of drug-likeness (QED) is 0.609. The van der Waals surface area contributed by atoms with E-state index in [1.165, 1.54) is 25.7 Å². The Hall–Kier alpha value is -0.430. The minimum atomic E-state index is -0.347. The van der Waals surface area contributed by atoms with Crippen LogP contribution in [0.4, 0.5) is 5.82 Å². The van der Waals surface area contributed by atoms with Crippen molar-refractivity contribution < 1.29 is 4.74 Å². The average Bonchev–Trinajstić information content (AvgIpc) is 2.69. The minimum absolute atomic E-state index is 0.347. The molecule has 0 spiro atoms. The number of methoxy groups -OCH3 is 1. The minimum Gasteiger partial charge on any atom is -0.383 e. The van der Waals surface area contributed by atoms with E-state index in [4.69, 9.17) is 15.5 Å². The summed E-state index contributed by atoms with van der Waals surface area (Å²) in [6, 6.07) is 0. The van der Waals surface area contributed by atoms with E-state index in [9.17, 15) is 0 Å². The number of nitrogens with two attached hydrogens (primary N) is 1. The smallest absolute Gasteiger partial charge is 0.162 e. The number of nitrogens with zero attached hydrogens (tertiary/aromatic N) is 2. The third-order valence-corrected chi connectivity index (χ3v) is 5.43. The van der Waals surface area contributed by atoms with Gasteiger partial charge < -0.3 is 10.5 Å². The van der Waals surface area contributed by atoms with Gasteiger partial charge in [0.15, 0.2) is 5.82 Å². The van der Waals surface area contributed by atoms with Gasteiger partial charge >= 0.3 is 0 Å². The van der Waals surface area contributed by atoms with Crippen LogP contribution >= 0.6 is 22.6 Å². The van der Waals surface area contributed by atoms with Gasteiger partial charge in [0.05, 0.1) is 9.26 Å². The van der Waals surface area contributed by atoms with Crippen molar-refractivity contribution in [2.24, 2.45) is 5.92 Å². The third kappa shape index (κ3) is 3.86. The van der Waals surface area contributed by atoms with Gasteiger partial charge in [-0.3, -0.25) is 0 Å². The summed E-state index contributed by atoms with van der Waals surface area (Å²) in [5.41, 5.74) is 6.86. The Morgan fingerprint density at radius 2 is 1.81 bits per heavy atom. The monoisotopic (exact) mass is 403 g/mol. The lowest BCUT2D eigenvalue weighted by molar-refractivity contribution is -0.0352. The first kappa shape index (κ1) is 16.9. The van der Waals surface area contributed by atoms with E-state index in [-0.39, 0.29) is 5.60 Å². The van der Waals surface area contributed by atoms with Crippen LogP contribution in [0.1, 0.15) is 63.9 Å². The van der Waals surface area contributed by atoms with Crippen LogP contribution in [-0.2, 0) is 16.8 Å². The van der Waals surface area contributed by atoms with E-state index in [1.54, 1.807) is 7.11 Å². The SMILES string of the molecule is COC1(c2nc(N)c(I)c(CC(C)C)n2)CCCCCC1. The molecule has 1 fully saturated rings. The lowest BCUT2D eigenvalue weighted by Crippen LogP contribution is -2.31. The number of ether oxygens (including phenoxy) is 1. The molecule has 5 heteroatoms. The number of hydrogen-bond donors (Lipinski definition) is 1. The first-order valence-electron chi connectivity index (χ1n) is 7.86. The molecule has 1 aromatic heterocycles. The fourth-order valence-electron chi connectivity index (χ4n) is 3.06. The molecule has 1 aromatic rings. The number of anilines is 1. The molecule has 1 aliphatic carbocycles. The van der Waals surface area contributed by atoms with Crippen LogP contribution < -0.4 is 5.73 Å². The van der Waals surface area contributed by atoms with E-state index >= 15 is 0 Å². The number of hydrogen-bond acceptors (Lipinski definition) is 4. The van der Waals surface area contributed by atoms with Crippen LogP contribution in [0.3, 0.4) is 0 Å². The standard InChI is InChI=1S/C16H26IN3O/c1-11(2)10-12-13(17)14(18)20-15(19-12)16(21-3)8-6-4-5-7-9-16/h11H,4-10H2,1-3H3,(H2,18,19,20). The van der Waals surface area contributed by atoms with Gasteiger partial charge in [-0.1, -0.05) is 39.5 Å². The normalized spacial score (nSPS) is 18.7. The van der Waals surface area contributed by atoms with Crippen molar-refractivity contribution in [3.63, 3.8) is 0 Å². The van der Waals surface area contributed by atoms with Crippen LogP contribution in [0, 0.1) is 9.49 Å². The van der Waals surface area contributed by atoms with Crippen LogP contribution in [0.2, 0.25) is 0 Å². The van der Waals surface area contributed by atoms with E-state index in [2.05, 4.69) is 41.4 Å². The maximum atomic E-state index is 6.14. The molecule has 1 aliphatic rings. The second-order valence-corrected chi connectivity index (χ2v) is 7.48. The van der Waals surface area contributed by atoms with Crippen molar-refractivity contribution in [2.75, 3.05) is 12.8 Å². The summed E-state index contributed by atoms with van der Waals surface area (Å²) in [4.78, 5) is 9.44. The largest absolute Gasteiger partial charge is 0.383 e. The molecule has 21 heavy (non-hydrogen) atoms. The third-order valence-electron chi connectivity index (χ3n) is 4.26. The van der Waals surface area contributed by atoms with Crippen molar-refractivity contribution >= 4 is 28.4 Å². The highest BCUT2D eigenvalue weighted by atomic mass is 127. The van der Waals surface area contributed by atoms with Crippen molar-refractivity contribution in [2.45, 2.75) is 64.4 Å². The second kappa shape index (κ2) is 7.22. The van der Waals surface area contributed by atoms with Gasteiger partial charge in [0.1, 0.15) is 11.4 Å². The second-order valence-electron chi connectivity index (χ2n) is 6.40. The predicted molar refractivity (Wildman–Crippen MR) is 94.1 cm³/mol. The van der Waals surface area contributed by atoms with Gasteiger partial charge in [-0.2, -0.15) is 0 Å². The zero-order valence-corrected chi connectivity index (χ0v) is 15.4. The molecule has 1 saturated carbocycles. The van der Waals surface area contributed by atoms with Gasteiger partial charge in [-0.05, 0) is 47.8 Å². The molecule has 0 saturated heterocycles. The molecule has 1 heterocycles. The van der Waals surface area contributed by atoms with Crippen LogP contribution in [0.15, 0.2) is 0 Å². The Balaban J connectivity index is 2.43. The fraction of sp³-hybridized carbons (Fsp3) is 0.750. The number of nitrogen functional groups attached to an aromatic ring is 1. The highest BCUT2D eigenvalue weighted by Gasteiger charge is 2.36. The molecule has 0 amide bonds. The summed E-state index contributed by atoms with van der Waals surface area (Å²) in [6.45, 7) is 4.40. The maximum absolute atomic E-state index is 6.14. The molecule has 2 N–H and O–H groups in total. The van der Waals surface area contributed by atoms with Gasteiger partial charge in [0.25, 0.3) is 0 Å². The molecule has 0 unspecified atom stereocenters. The summed E-state index contributed by atoms with van der Waals surface area (Å²) in [5, 5.41) is 0. The van der Waals surface area contributed by atoms with E-state index in [1.807, 2.05) is 0 Å². The molecule has 0 radical (unpaired) electrons. The molecular weight excluding hydrogens is 377 g/mol. The van der Waals surface area contributed by atoms with Crippen molar-refractivity contribution in [1.29, 1.82) is 0 Å². The molecule has 4 nitrogen and oxygen atoms in total. The Morgan fingerprint density at radius 3 is 2.33 bits per heavy atom. The zero-order chi connectivity index (χ0) is 15.5. The van der Waals surface area contributed by atoms with Crippen LogP contribution in [0.5, 0.6) is 0 Å². The fourth-order valence-corrected chi connectivity index (χ4v) is 3.52. The molecule has 0 atom stereocenters. The highest BCUT2D eigenvalue weighted by molar-refractivity contribution is 14.1. The lowest BCUT2D eigenvalue weighted by atomic mass is 9.92. The summed E-state index contributed by atoms with van der Waals surface area (Å²) >= 11 is 2.26. The van der Waals surface area contributed by atoms with Crippen LogP contribution in [-0.4, -0.2) is 17.1 Å². The van der Waals surface area contributed by atoms with Gasteiger partial charge in [-0.25, -0.2) is 9.97 Å². The number of aromatic nitrogens is 2. The Morgan fingerprint density at radius 1 is 1.19 bits per heavy atom. The van der Waals surface area contributed by atoms with E-state index < -0.39 is 0 Å². The van der Waals surface area contributed by atoms with E-state index in [0.717, 1.165) is 34.4 Å². The summed E-state index contributed by atoms with van der Waals surface area (Å²) in [7, 11) is 1.78. The van der Waals surface area contributed by atoms with E-state index in [0.29, 0.717) is 11.7 Å². The highest BCUT2D eigenvalue weighted by Crippen LogP contribution is 2.38. The predicted octanol–water partition coefficient (Wildman–Crippen LogP) is 4.06. The van der Waals surface area contributed by atoms with Gasteiger partial charge in [0.2, 0.25) is 0 Å². The Bertz CT molecular complexity index is 483. The molecule has 0 bridgehead atoms.